The van der Waals surface area contributed by atoms with Gasteiger partial charge in [-0.3, -0.25) is 0 Å². The molecule has 1 atom stereocenters. The molecule has 0 aromatic carbocycles. The zero-order valence-corrected chi connectivity index (χ0v) is 10.6. The second-order valence-corrected chi connectivity index (χ2v) is 6.89. The van der Waals surface area contributed by atoms with Crippen molar-refractivity contribution in [2.75, 3.05) is 41.0 Å². The molecule has 0 aliphatic carbocycles. The van der Waals surface area contributed by atoms with Crippen LogP contribution < -0.4 is 0 Å². The van der Waals surface area contributed by atoms with Gasteiger partial charge in [-0.05, 0) is 13.0 Å². The van der Waals surface area contributed by atoms with Crippen molar-refractivity contribution in [1.82, 2.24) is 4.90 Å². The first-order valence-corrected chi connectivity index (χ1v) is 6.98. The van der Waals surface area contributed by atoms with Crippen LogP contribution in [0.25, 0.3) is 0 Å². The summed E-state index contributed by atoms with van der Waals surface area (Å²) in [5, 5.41) is 0. The van der Waals surface area contributed by atoms with Gasteiger partial charge in [0.05, 0.1) is 6.61 Å². The lowest BCUT2D eigenvalue weighted by molar-refractivity contribution is 0.0704. The summed E-state index contributed by atoms with van der Waals surface area (Å²) in [5.41, 5.74) is 0. The predicted octanol–water partition coefficient (Wildman–Crippen LogP) is 0.816. The monoisotopic (exact) mass is 219 g/mol. The molecule has 1 unspecified atom stereocenters. The lowest BCUT2D eigenvalue weighted by Crippen LogP contribution is -2.49. The smallest absolute Gasteiger partial charge is 0.377 e. The molecular formula is C9H21NO3Si. The van der Waals surface area contributed by atoms with Gasteiger partial charge in [0, 0.05) is 33.4 Å². The summed E-state index contributed by atoms with van der Waals surface area (Å²) in [5.74, 6) is 0.562. The molecular weight excluding hydrogens is 198 g/mol. The number of hydrogen-bond acceptors (Lipinski definition) is 4. The molecule has 1 aliphatic rings. The molecule has 84 valence electrons. The van der Waals surface area contributed by atoms with Crippen LogP contribution in [0.4, 0.5) is 0 Å². The molecule has 0 aromatic heterocycles. The van der Waals surface area contributed by atoms with Gasteiger partial charge in [-0.2, -0.15) is 0 Å². The highest BCUT2D eigenvalue weighted by atomic mass is 28.4. The van der Waals surface area contributed by atoms with E-state index in [9.17, 15) is 0 Å². The molecule has 1 rings (SSSR count). The van der Waals surface area contributed by atoms with Crippen molar-refractivity contribution in [3.8, 4) is 0 Å². The van der Waals surface area contributed by atoms with Crippen molar-refractivity contribution in [3.63, 3.8) is 0 Å². The molecule has 0 spiro atoms. The van der Waals surface area contributed by atoms with Crippen molar-refractivity contribution in [3.05, 3.63) is 0 Å². The molecule has 1 aliphatic heterocycles. The van der Waals surface area contributed by atoms with Crippen molar-refractivity contribution < 1.29 is 13.3 Å². The molecule has 5 heteroatoms. The molecule has 4 nitrogen and oxygen atoms in total. The van der Waals surface area contributed by atoms with Crippen LogP contribution in [0.2, 0.25) is 6.04 Å². The van der Waals surface area contributed by atoms with Crippen LogP contribution in [0.3, 0.4) is 0 Å². The zero-order valence-electron chi connectivity index (χ0n) is 9.58. The quantitative estimate of drug-likeness (QED) is 0.643. The maximum absolute atomic E-state index is 5.76. The standard InChI is InChI=1S/C9H21NO3Si/c1-9-7-10(2)5-6-13-14(8-9,11-3)12-4/h9H,5-8H2,1-4H3. The van der Waals surface area contributed by atoms with Gasteiger partial charge < -0.3 is 18.2 Å². The third-order valence-corrected chi connectivity index (χ3v) is 5.72. The van der Waals surface area contributed by atoms with E-state index in [1.165, 1.54) is 0 Å². The average Bonchev–Trinajstić information content (AvgIpc) is 2.13. The van der Waals surface area contributed by atoms with Crippen LogP contribution in [0.5, 0.6) is 0 Å². The normalized spacial score (nSPS) is 29.6. The van der Waals surface area contributed by atoms with Crippen LogP contribution in [0, 0.1) is 5.92 Å². The molecule has 0 amide bonds. The van der Waals surface area contributed by atoms with Crippen molar-refractivity contribution >= 4 is 8.80 Å². The van der Waals surface area contributed by atoms with Crippen LogP contribution in [-0.4, -0.2) is 54.7 Å². The molecule has 0 saturated carbocycles. The van der Waals surface area contributed by atoms with E-state index in [2.05, 4.69) is 18.9 Å². The van der Waals surface area contributed by atoms with Crippen molar-refractivity contribution in [2.24, 2.45) is 5.92 Å². The van der Waals surface area contributed by atoms with Gasteiger partial charge in [0.2, 0.25) is 0 Å². The largest absolute Gasteiger partial charge is 0.500 e. The highest BCUT2D eigenvalue weighted by Gasteiger charge is 2.41. The highest BCUT2D eigenvalue weighted by molar-refractivity contribution is 6.60. The minimum Gasteiger partial charge on any atom is -0.377 e. The number of nitrogens with zero attached hydrogens (tertiary/aromatic N) is 1. The summed E-state index contributed by atoms with van der Waals surface area (Å²) < 4.78 is 16.7. The number of hydrogen-bond donors (Lipinski definition) is 0. The highest BCUT2D eigenvalue weighted by Crippen LogP contribution is 2.22. The summed E-state index contributed by atoms with van der Waals surface area (Å²) in [7, 11) is 3.16. The van der Waals surface area contributed by atoms with Gasteiger partial charge in [-0.15, -0.1) is 0 Å². The van der Waals surface area contributed by atoms with E-state index in [1.807, 2.05) is 0 Å². The van der Waals surface area contributed by atoms with E-state index in [0.717, 1.165) is 19.1 Å². The minimum absolute atomic E-state index is 0.562. The Balaban J connectivity index is 2.61. The van der Waals surface area contributed by atoms with E-state index in [0.29, 0.717) is 12.5 Å². The topological polar surface area (TPSA) is 30.9 Å². The molecule has 0 N–H and O–H groups in total. The Morgan fingerprint density at radius 3 is 2.57 bits per heavy atom. The van der Waals surface area contributed by atoms with E-state index < -0.39 is 8.80 Å². The van der Waals surface area contributed by atoms with E-state index in [-0.39, 0.29) is 0 Å². The van der Waals surface area contributed by atoms with Crippen molar-refractivity contribution in [2.45, 2.75) is 13.0 Å². The van der Waals surface area contributed by atoms with E-state index in [1.54, 1.807) is 14.2 Å². The maximum Gasteiger partial charge on any atom is 0.500 e. The van der Waals surface area contributed by atoms with Gasteiger partial charge in [0.25, 0.3) is 0 Å². The molecule has 1 saturated heterocycles. The van der Waals surface area contributed by atoms with E-state index in [4.69, 9.17) is 13.3 Å². The third-order valence-electron chi connectivity index (χ3n) is 2.64. The van der Waals surface area contributed by atoms with Gasteiger partial charge in [0.15, 0.2) is 0 Å². The SMILES string of the molecule is CO[Si]1(OC)CC(C)CN(C)CCO1. The molecule has 1 fully saturated rings. The van der Waals surface area contributed by atoms with Crippen LogP contribution in [0.1, 0.15) is 6.92 Å². The second-order valence-electron chi connectivity index (χ2n) is 4.01. The first-order valence-electron chi connectivity index (χ1n) is 5.04. The van der Waals surface area contributed by atoms with Gasteiger partial charge in [-0.25, -0.2) is 0 Å². The molecule has 0 bridgehead atoms. The summed E-state index contributed by atoms with van der Waals surface area (Å²) in [6, 6.07) is 0.907. The third kappa shape index (κ3) is 3.03. The fourth-order valence-electron chi connectivity index (χ4n) is 1.90. The first-order chi connectivity index (χ1) is 6.62. The summed E-state index contributed by atoms with van der Waals surface area (Å²) >= 11 is 0. The Morgan fingerprint density at radius 2 is 2.00 bits per heavy atom. The number of likely N-dealkylation sites (N-methyl/N-ethyl adjacent to an activating group) is 1. The van der Waals surface area contributed by atoms with Crippen LogP contribution >= 0.6 is 0 Å². The summed E-state index contributed by atoms with van der Waals surface area (Å²) in [6.07, 6.45) is 0. The fourth-order valence-corrected chi connectivity index (χ4v) is 4.14. The lowest BCUT2D eigenvalue weighted by atomic mass is 10.2. The Labute approximate surface area is 87.5 Å². The van der Waals surface area contributed by atoms with Gasteiger partial charge in [0.1, 0.15) is 0 Å². The second kappa shape index (κ2) is 5.23. The van der Waals surface area contributed by atoms with Gasteiger partial charge >= 0.3 is 8.80 Å². The van der Waals surface area contributed by atoms with Crippen LogP contribution in [0.15, 0.2) is 0 Å². The first kappa shape index (κ1) is 12.1. The number of rotatable bonds is 2. The lowest BCUT2D eigenvalue weighted by Gasteiger charge is -2.33. The minimum atomic E-state index is -2.33. The molecule has 0 aromatic rings. The average molecular weight is 219 g/mol. The fraction of sp³-hybridized carbons (Fsp3) is 1.00. The zero-order chi connectivity index (χ0) is 10.6. The van der Waals surface area contributed by atoms with Crippen molar-refractivity contribution in [1.29, 1.82) is 0 Å². The van der Waals surface area contributed by atoms with E-state index >= 15 is 0 Å². The summed E-state index contributed by atoms with van der Waals surface area (Å²) in [6.45, 7) is 4.96. The Bertz CT molecular complexity index is 175. The Hall–Kier alpha value is 0.0569. The molecule has 14 heavy (non-hydrogen) atoms. The Morgan fingerprint density at radius 1 is 1.36 bits per heavy atom. The van der Waals surface area contributed by atoms with Crippen LogP contribution in [-0.2, 0) is 13.3 Å². The van der Waals surface area contributed by atoms with Gasteiger partial charge in [-0.1, -0.05) is 6.92 Å². The molecule has 0 radical (unpaired) electrons. The molecule has 1 heterocycles. The Kier molecular flexibility index (Phi) is 4.53. The predicted molar refractivity (Wildman–Crippen MR) is 57.2 cm³/mol. The summed E-state index contributed by atoms with van der Waals surface area (Å²) in [4.78, 5) is 2.29. The maximum atomic E-state index is 5.76.